The molecule has 0 aliphatic carbocycles. The summed E-state index contributed by atoms with van der Waals surface area (Å²) in [5.74, 6) is 0.136. The molecule has 0 heterocycles. The number of carbonyl (C=O) groups excluding carboxylic acids is 1. The molecule has 0 rings (SSSR count). The van der Waals surface area contributed by atoms with Gasteiger partial charge in [0.25, 0.3) is 0 Å². The molecule has 0 aliphatic heterocycles. The van der Waals surface area contributed by atoms with E-state index in [4.69, 9.17) is 10.5 Å². The van der Waals surface area contributed by atoms with Crippen LogP contribution in [0, 0.1) is 0 Å². The fraction of sp³-hybridized carbons (Fsp3) is 0.500. The number of amides is 1. The van der Waals surface area contributed by atoms with Crippen LogP contribution in [0.5, 0.6) is 0 Å². The van der Waals surface area contributed by atoms with Crippen LogP contribution in [0.4, 0.5) is 0 Å². The van der Waals surface area contributed by atoms with Gasteiger partial charge in [-0.05, 0) is 13.8 Å². The van der Waals surface area contributed by atoms with Gasteiger partial charge in [0, 0.05) is 0 Å². The molecule has 0 aromatic heterocycles. The first-order chi connectivity index (χ1) is 4.09. The minimum absolute atomic E-state index is 0.436. The van der Waals surface area contributed by atoms with E-state index < -0.39 is 5.91 Å². The summed E-state index contributed by atoms with van der Waals surface area (Å²) in [6.45, 7) is 3.32. The standard InChI is InChI=1S/C6H11NO2/c1-4(6(7)8)5(2)9-3/h1-3H3,(H2,7,8)/b5-4+. The van der Waals surface area contributed by atoms with Gasteiger partial charge >= 0.3 is 0 Å². The largest absolute Gasteiger partial charge is 0.501 e. The fourth-order valence-electron chi connectivity index (χ4n) is 0.327. The van der Waals surface area contributed by atoms with Crippen molar-refractivity contribution >= 4 is 5.91 Å². The molecular weight excluding hydrogens is 118 g/mol. The smallest absolute Gasteiger partial charge is 0.247 e. The number of ether oxygens (including phenoxy) is 1. The first-order valence-electron chi connectivity index (χ1n) is 2.61. The van der Waals surface area contributed by atoms with Gasteiger partial charge in [-0.1, -0.05) is 0 Å². The Morgan fingerprint density at radius 3 is 2.00 bits per heavy atom. The molecule has 0 unspecified atom stereocenters. The Hall–Kier alpha value is -0.990. The van der Waals surface area contributed by atoms with E-state index >= 15 is 0 Å². The van der Waals surface area contributed by atoms with Gasteiger partial charge in [-0.25, -0.2) is 0 Å². The van der Waals surface area contributed by atoms with Crippen molar-refractivity contribution in [3.8, 4) is 0 Å². The third kappa shape index (κ3) is 2.17. The van der Waals surface area contributed by atoms with Gasteiger partial charge in [0.15, 0.2) is 0 Å². The third-order valence-electron chi connectivity index (χ3n) is 1.20. The fourth-order valence-corrected chi connectivity index (χ4v) is 0.327. The SMILES string of the molecule is CO/C(C)=C(\C)C(N)=O. The van der Waals surface area contributed by atoms with Crippen molar-refractivity contribution in [3.63, 3.8) is 0 Å². The normalized spacial score (nSPS) is 12.3. The molecule has 52 valence electrons. The molecule has 0 saturated heterocycles. The van der Waals surface area contributed by atoms with Crippen LogP contribution in [0.2, 0.25) is 0 Å². The molecule has 0 aromatic rings. The summed E-state index contributed by atoms with van der Waals surface area (Å²) in [5, 5.41) is 0. The van der Waals surface area contributed by atoms with Gasteiger partial charge in [0.1, 0.15) is 5.76 Å². The first kappa shape index (κ1) is 8.01. The molecule has 0 atom stereocenters. The Labute approximate surface area is 54.5 Å². The van der Waals surface area contributed by atoms with Crippen molar-refractivity contribution < 1.29 is 9.53 Å². The number of methoxy groups -OCH3 is 1. The minimum Gasteiger partial charge on any atom is -0.501 e. The quantitative estimate of drug-likeness (QED) is 0.433. The maximum atomic E-state index is 10.4. The highest BCUT2D eigenvalue weighted by atomic mass is 16.5. The van der Waals surface area contributed by atoms with Crippen molar-refractivity contribution in [2.24, 2.45) is 5.73 Å². The maximum absolute atomic E-state index is 10.4. The molecule has 0 spiro atoms. The summed E-state index contributed by atoms with van der Waals surface area (Å²) >= 11 is 0. The van der Waals surface area contributed by atoms with E-state index in [2.05, 4.69) is 0 Å². The zero-order valence-corrected chi connectivity index (χ0v) is 5.89. The zero-order valence-electron chi connectivity index (χ0n) is 5.89. The second-order valence-corrected chi connectivity index (χ2v) is 1.75. The van der Waals surface area contributed by atoms with Crippen LogP contribution in [0.3, 0.4) is 0 Å². The lowest BCUT2D eigenvalue weighted by Crippen LogP contribution is -2.13. The van der Waals surface area contributed by atoms with Crippen molar-refractivity contribution in [2.45, 2.75) is 13.8 Å². The summed E-state index contributed by atoms with van der Waals surface area (Å²) in [5.41, 5.74) is 5.41. The maximum Gasteiger partial charge on any atom is 0.247 e. The van der Waals surface area contributed by atoms with Crippen molar-refractivity contribution in [2.75, 3.05) is 7.11 Å². The van der Waals surface area contributed by atoms with Crippen LogP contribution in [-0.2, 0) is 9.53 Å². The minimum atomic E-state index is -0.436. The summed E-state index contributed by atoms with van der Waals surface area (Å²) in [6, 6.07) is 0. The van der Waals surface area contributed by atoms with Gasteiger partial charge in [-0.2, -0.15) is 0 Å². The van der Waals surface area contributed by atoms with Crippen molar-refractivity contribution in [1.29, 1.82) is 0 Å². The number of nitrogens with two attached hydrogens (primary N) is 1. The second-order valence-electron chi connectivity index (χ2n) is 1.75. The molecule has 2 N–H and O–H groups in total. The monoisotopic (exact) mass is 129 g/mol. The Bertz CT molecular complexity index is 149. The summed E-state index contributed by atoms with van der Waals surface area (Å²) < 4.78 is 4.75. The van der Waals surface area contributed by atoms with Crippen LogP contribution >= 0.6 is 0 Å². The molecule has 0 saturated carbocycles. The highest BCUT2D eigenvalue weighted by Gasteiger charge is 2.00. The molecule has 0 fully saturated rings. The number of hydrogen-bond acceptors (Lipinski definition) is 2. The van der Waals surface area contributed by atoms with E-state index in [-0.39, 0.29) is 0 Å². The average Bonchev–Trinajstić information content (AvgIpc) is 1.84. The Kier molecular flexibility index (Phi) is 2.78. The van der Waals surface area contributed by atoms with Crippen LogP contribution in [0.1, 0.15) is 13.8 Å². The molecule has 0 bridgehead atoms. The van der Waals surface area contributed by atoms with Gasteiger partial charge in [-0.15, -0.1) is 0 Å². The molecule has 0 aromatic carbocycles. The lowest BCUT2D eigenvalue weighted by atomic mass is 10.2. The lowest BCUT2D eigenvalue weighted by Gasteiger charge is -2.00. The third-order valence-corrected chi connectivity index (χ3v) is 1.20. The van der Waals surface area contributed by atoms with Gasteiger partial charge < -0.3 is 10.5 Å². The van der Waals surface area contributed by atoms with Gasteiger partial charge in [0.05, 0.1) is 12.7 Å². The molecular formula is C6H11NO2. The number of carbonyl (C=O) groups is 1. The predicted octanol–water partition coefficient (Wildman–Crippen LogP) is 0.412. The molecule has 0 aliphatic rings. The molecule has 0 radical (unpaired) electrons. The molecule has 9 heavy (non-hydrogen) atoms. The van der Waals surface area contributed by atoms with E-state index in [0.717, 1.165) is 0 Å². The number of rotatable bonds is 2. The highest BCUT2D eigenvalue weighted by molar-refractivity contribution is 5.91. The second kappa shape index (κ2) is 3.12. The lowest BCUT2D eigenvalue weighted by molar-refractivity contribution is -0.114. The van der Waals surface area contributed by atoms with E-state index in [1.807, 2.05) is 0 Å². The Morgan fingerprint density at radius 1 is 1.44 bits per heavy atom. The van der Waals surface area contributed by atoms with Crippen LogP contribution in [0.15, 0.2) is 11.3 Å². The van der Waals surface area contributed by atoms with Crippen LogP contribution in [0.25, 0.3) is 0 Å². The van der Waals surface area contributed by atoms with E-state index in [0.29, 0.717) is 11.3 Å². The van der Waals surface area contributed by atoms with E-state index in [1.165, 1.54) is 7.11 Å². The van der Waals surface area contributed by atoms with Gasteiger partial charge in [-0.3, -0.25) is 4.79 Å². The number of allylic oxidation sites excluding steroid dienone is 1. The highest BCUT2D eigenvalue weighted by Crippen LogP contribution is 2.01. The number of hydrogen-bond donors (Lipinski definition) is 1. The molecule has 1 amide bonds. The van der Waals surface area contributed by atoms with E-state index in [1.54, 1.807) is 13.8 Å². The summed E-state index contributed by atoms with van der Waals surface area (Å²) in [7, 11) is 1.50. The molecule has 3 heteroatoms. The Morgan fingerprint density at radius 2 is 1.89 bits per heavy atom. The zero-order chi connectivity index (χ0) is 7.44. The Balaban J connectivity index is 4.28. The molecule has 3 nitrogen and oxygen atoms in total. The topological polar surface area (TPSA) is 52.3 Å². The summed E-state index contributed by atoms with van der Waals surface area (Å²) in [6.07, 6.45) is 0. The van der Waals surface area contributed by atoms with Gasteiger partial charge in [0.2, 0.25) is 5.91 Å². The first-order valence-corrected chi connectivity index (χ1v) is 2.61. The predicted molar refractivity (Wildman–Crippen MR) is 34.6 cm³/mol. The van der Waals surface area contributed by atoms with Crippen LogP contribution < -0.4 is 5.73 Å². The number of primary amides is 1. The van der Waals surface area contributed by atoms with Crippen molar-refractivity contribution in [3.05, 3.63) is 11.3 Å². The summed E-state index contributed by atoms with van der Waals surface area (Å²) in [4.78, 5) is 10.4. The van der Waals surface area contributed by atoms with E-state index in [9.17, 15) is 4.79 Å². The van der Waals surface area contributed by atoms with Crippen LogP contribution in [-0.4, -0.2) is 13.0 Å². The van der Waals surface area contributed by atoms with Crippen molar-refractivity contribution in [1.82, 2.24) is 0 Å². The average molecular weight is 129 g/mol.